The second-order valence-electron chi connectivity index (χ2n) is 9.33. The van der Waals surface area contributed by atoms with Crippen molar-refractivity contribution in [1.82, 2.24) is 20.2 Å². The number of nitrogen functional groups attached to an aromatic ring is 1. The lowest BCUT2D eigenvalue weighted by Crippen LogP contribution is -2.44. The average molecular weight is 609 g/mol. The largest absolute Gasteiger partial charge is 0.496 e. The number of thiophene rings is 1. The fraction of sp³-hybridized carbons (Fsp3) is 0.321. The quantitative estimate of drug-likeness (QED) is 0.245. The van der Waals surface area contributed by atoms with Crippen LogP contribution in [0.15, 0.2) is 54.9 Å². The Hall–Kier alpha value is -2.62. The molecule has 4 aromatic rings. The Kier molecular flexibility index (Phi) is 10.8. The lowest BCUT2D eigenvalue weighted by molar-refractivity contribution is 0.0604. The van der Waals surface area contributed by atoms with E-state index in [9.17, 15) is 4.79 Å². The number of methoxy groups -OCH3 is 1. The van der Waals surface area contributed by atoms with Crippen LogP contribution in [0.1, 0.15) is 40.9 Å². The summed E-state index contributed by atoms with van der Waals surface area (Å²) in [5, 5.41) is 4.83. The van der Waals surface area contributed by atoms with Crippen LogP contribution in [0.2, 0.25) is 5.02 Å². The van der Waals surface area contributed by atoms with Crippen molar-refractivity contribution in [3.63, 3.8) is 0 Å². The zero-order valence-corrected chi connectivity index (χ0v) is 24.9. The Bertz CT molecular complexity index is 1410. The van der Waals surface area contributed by atoms with Crippen LogP contribution in [-0.2, 0) is 6.54 Å². The second-order valence-corrected chi connectivity index (χ2v) is 10.8. The molecule has 2 aromatic heterocycles. The molecule has 0 aliphatic heterocycles. The number of benzene rings is 2. The third-order valence-electron chi connectivity index (χ3n) is 7.16. The van der Waals surface area contributed by atoms with Crippen molar-refractivity contribution in [2.24, 2.45) is 0 Å². The Morgan fingerprint density at radius 1 is 1.10 bits per heavy atom. The first-order valence-electron chi connectivity index (χ1n) is 12.4. The van der Waals surface area contributed by atoms with E-state index in [4.69, 9.17) is 22.1 Å². The van der Waals surface area contributed by atoms with Gasteiger partial charge in [0.15, 0.2) is 0 Å². The Morgan fingerprint density at radius 3 is 2.44 bits per heavy atom. The number of hydrogen-bond acceptors (Lipinski definition) is 7. The van der Waals surface area contributed by atoms with E-state index in [1.54, 1.807) is 19.5 Å². The molecule has 1 saturated carbocycles. The van der Waals surface area contributed by atoms with Gasteiger partial charge in [0.1, 0.15) is 10.6 Å². The maximum atomic E-state index is 14.1. The van der Waals surface area contributed by atoms with Crippen LogP contribution in [0.3, 0.4) is 0 Å². The molecule has 2 aromatic carbocycles. The third kappa shape index (κ3) is 6.58. The lowest BCUT2D eigenvalue weighted by atomic mass is 9.89. The smallest absolute Gasteiger partial charge is 0.266 e. The standard InChI is InChI=1S/C28H30ClN5O2S.2ClH/c1-31-20-8-10-21(11-9-20)34(27(35)26-25(29)22-5-3-4-6-24(22)37-26)16-18-13-17(7-12-23(18)36-2)19-14-32-28(30)33-15-19;;/h3-7,12-15,20-21,31H,8-11,16H2,1-2H3,(H2,30,32,33);2*1H. The van der Waals surface area contributed by atoms with Crippen molar-refractivity contribution in [3.8, 4) is 16.9 Å². The lowest BCUT2D eigenvalue weighted by Gasteiger charge is -2.37. The molecule has 2 heterocycles. The van der Waals surface area contributed by atoms with E-state index in [0.717, 1.165) is 58.2 Å². The van der Waals surface area contributed by atoms with Crippen LogP contribution < -0.4 is 15.8 Å². The summed E-state index contributed by atoms with van der Waals surface area (Å²) >= 11 is 8.22. The van der Waals surface area contributed by atoms with Gasteiger partial charge in [-0.05, 0) is 56.5 Å². The van der Waals surface area contributed by atoms with Gasteiger partial charge in [-0.1, -0.05) is 35.9 Å². The number of nitrogens with one attached hydrogen (secondary N) is 1. The van der Waals surface area contributed by atoms with Crippen LogP contribution in [0.25, 0.3) is 21.2 Å². The van der Waals surface area contributed by atoms with Crippen molar-refractivity contribution >= 4 is 69.7 Å². The van der Waals surface area contributed by atoms with Crippen LogP contribution in [0.4, 0.5) is 5.95 Å². The summed E-state index contributed by atoms with van der Waals surface area (Å²) in [6.07, 6.45) is 7.29. The summed E-state index contributed by atoms with van der Waals surface area (Å²) in [7, 11) is 3.65. The predicted molar refractivity (Wildman–Crippen MR) is 165 cm³/mol. The van der Waals surface area contributed by atoms with Crippen molar-refractivity contribution in [2.45, 2.75) is 44.3 Å². The molecule has 11 heteroatoms. The molecule has 39 heavy (non-hydrogen) atoms. The number of nitrogens with two attached hydrogens (primary N) is 1. The molecule has 0 saturated heterocycles. The first-order valence-corrected chi connectivity index (χ1v) is 13.6. The number of rotatable bonds is 7. The molecule has 0 unspecified atom stereocenters. The Balaban J connectivity index is 0.00000210. The highest BCUT2D eigenvalue weighted by atomic mass is 35.5. The molecule has 7 nitrogen and oxygen atoms in total. The molecular weight excluding hydrogens is 577 g/mol. The van der Waals surface area contributed by atoms with E-state index in [-0.39, 0.29) is 42.7 Å². The molecule has 0 bridgehead atoms. The highest BCUT2D eigenvalue weighted by Crippen LogP contribution is 2.38. The first kappa shape index (κ1) is 30.9. The van der Waals surface area contributed by atoms with E-state index < -0.39 is 0 Å². The van der Waals surface area contributed by atoms with Gasteiger partial charge in [-0.15, -0.1) is 36.2 Å². The van der Waals surface area contributed by atoms with Gasteiger partial charge in [-0.25, -0.2) is 9.97 Å². The van der Waals surface area contributed by atoms with Gasteiger partial charge in [0.2, 0.25) is 5.95 Å². The number of hydrogen-bond donors (Lipinski definition) is 2. The van der Waals surface area contributed by atoms with Crippen molar-refractivity contribution in [3.05, 3.63) is 70.3 Å². The fourth-order valence-corrected chi connectivity index (χ4v) is 6.55. The highest BCUT2D eigenvalue weighted by Gasteiger charge is 2.32. The summed E-state index contributed by atoms with van der Waals surface area (Å²) < 4.78 is 6.72. The minimum atomic E-state index is -0.0395. The number of nitrogens with zero attached hydrogens (tertiary/aromatic N) is 3. The number of anilines is 1. The molecule has 0 atom stereocenters. The van der Waals surface area contributed by atoms with Gasteiger partial charge >= 0.3 is 0 Å². The molecule has 208 valence electrons. The molecule has 1 aliphatic rings. The number of amides is 1. The summed E-state index contributed by atoms with van der Waals surface area (Å²) in [4.78, 5) is 25.0. The van der Waals surface area contributed by atoms with Crippen LogP contribution in [0, 0.1) is 0 Å². The van der Waals surface area contributed by atoms with E-state index >= 15 is 0 Å². The Labute approximate surface area is 249 Å². The maximum Gasteiger partial charge on any atom is 0.266 e. The van der Waals surface area contributed by atoms with Crippen LogP contribution in [0.5, 0.6) is 5.75 Å². The van der Waals surface area contributed by atoms with E-state index in [2.05, 4.69) is 15.3 Å². The molecule has 3 N–H and O–H groups in total. The van der Waals surface area contributed by atoms with Crippen molar-refractivity contribution < 1.29 is 9.53 Å². The van der Waals surface area contributed by atoms with E-state index in [1.807, 2.05) is 54.4 Å². The molecule has 0 spiro atoms. The number of fused-ring (bicyclic) bond motifs is 1. The van der Waals surface area contributed by atoms with Crippen molar-refractivity contribution in [2.75, 3.05) is 19.9 Å². The maximum absolute atomic E-state index is 14.1. The molecule has 1 aliphatic carbocycles. The number of carbonyl (C=O) groups excluding carboxylic acids is 1. The fourth-order valence-electron chi connectivity index (χ4n) is 5.08. The Morgan fingerprint density at radius 2 is 1.79 bits per heavy atom. The van der Waals surface area contributed by atoms with Crippen molar-refractivity contribution in [1.29, 1.82) is 0 Å². The SMILES string of the molecule is CNC1CCC(N(Cc2cc(-c3cnc(N)nc3)ccc2OC)C(=O)c2sc3ccccc3c2Cl)CC1.Cl.Cl. The van der Waals surface area contributed by atoms with Gasteiger partial charge in [0.25, 0.3) is 5.91 Å². The molecule has 0 radical (unpaired) electrons. The van der Waals surface area contributed by atoms with Gasteiger partial charge in [0, 0.05) is 52.2 Å². The zero-order valence-electron chi connectivity index (χ0n) is 21.7. The van der Waals surface area contributed by atoms with Crippen LogP contribution in [-0.4, -0.2) is 47.0 Å². The monoisotopic (exact) mass is 607 g/mol. The topological polar surface area (TPSA) is 93.4 Å². The first-order chi connectivity index (χ1) is 18.0. The molecular formula is C28H32Cl3N5O2S. The summed E-state index contributed by atoms with van der Waals surface area (Å²) in [5.41, 5.74) is 8.37. The highest BCUT2D eigenvalue weighted by molar-refractivity contribution is 7.21. The van der Waals surface area contributed by atoms with E-state index in [0.29, 0.717) is 22.5 Å². The third-order valence-corrected chi connectivity index (χ3v) is 8.83. The number of carbonyl (C=O) groups is 1. The summed E-state index contributed by atoms with van der Waals surface area (Å²) in [6.45, 7) is 0.408. The molecule has 1 amide bonds. The molecule has 5 rings (SSSR count). The predicted octanol–water partition coefficient (Wildman–Crippen LogP) is 6.62. The minimum absolute atomic E-state index is 0. The summed E-state index contributed by atoms with van der Waals surface area (Å²) in [5.74, 6) is 0.915. The van der Waals surface area contributed by atoms with Gasteiger partial charge < -0.3 is 20.7 Å². The minimum Gasteiger partial charge on any atom is -0.496 e. The number of aromatic nitrogens is 2. The van der Waals surface area contributed by atoms with Gasteiger partial charge in [-0.3, -0.25) is 4.79 Å². The average Bonchev–Trinajstić information content (AvgIpc) is 3.28. The number of halogens is 3. The van der Waals surface area contributed by atoms with E-state index in [1.165, 1.54) is 11.3 Å². The summed E-state index contributed by atoms with van der Waals surface area (Å²) in [6, 6.07) is 14.4. The van der Waals surface area contributed by atoms with Crippen LogP contribution >= 0.6 is 47.8 Å². The molecule has 1 fully saturated rings. The normalized spacial score (nSPS) is 16.7. The second kappa shape index (κ2) is 13.6. The number of ether oxygens (including phenoxy) is 1. The van der Waals surface area contributed by atoms with Gasteiger partial charge in [-0.2, -0.15) is 0 Å². The zero-order chi connectivity index (χ0) is 25.9. The van der Waals surface area contributed by atoms with Gasteiger partial charge in [0.05, 0.1) is 12.1 Å².